The normalized spacial score (nSPS) is 16.0. The lowest BCUT2D eigenvalue weighted by molar-refractivity contribution is -0.135. The van der Waals surface area contributed by atoms with Crippen LogP contribution >= 0.6 is 0 Å². The number of amides is 2. The van der Waals surface area contributed by atoms with Crippen LogP contribution in [0, 0.1) is 12.7 Å². The second kappa shape index (κ2) is 10.2. The number of benzene rings is 2. The van der Waals surface area contributed by atoms with Crippen molar-refractivity contribution < 1.29 is 14.0 Å². The standard InChI is InChI=1S/C24H30FN3O2/c1-3-27(21-7-4-6-18(2)16-21)15-5-14-26-24(30)22-12-13-23(29)28(22)17-19-8-10-20(25)11-9-19/h4,6-11,16,22H,3,5,12-15,17H2,1-2H3,(H,26,30)/t22-/m0/s1. The summed E-state index contributed by atoms with van der Waals surface area (Å²) in [5.74, 6) is -0.453. The molecule has 2 amide bonds. The maximum atomic E-state index is 13.1. The molecule has 1 saturated heterocycles. The van der Waals surface area contributed by atoms with Crippen LogP contribution in [0.15, 0.2) is 48.5 Å². The summed E-state index contributed by atoms with van der Waals surface area (Å²) < 4.78 is 13.1. The molecular formula is C24H30FN3O2. The quantitative estimate of drug-likeness (QED) is 0.641. The number of carbonyl (C=O) groups is 2. The van der Waals surface area contributed by atoms with E-state index in [1.807, 2.05) is 0 Å². The number of rotatable bonds is 9. The van der Waals surface area contributed by atoms with Gasteiger partial charge in [-0.25, -0.2) is 4.39 Å². The molecule has 5 nitrogen and oxygen atoms in total. The van der Waals surface area contributed by atoms with Crippen LogP contribution in [0.2, 0.25) is 0 Å². The minimum absolute atomic E-state index is 0.0314. The number of carbonyl (C=O) groups excluding carboxylic acids is 2. The molecule has 2 aromatic rings. The molecule has 2 aromatic carbocycles. The Balaban J connectivity index is 1.49. The third-order valence-corrected chi connectivity index (χ3v) is 5.55. The summed E-state index contributed by atoms with van der Waals surface area (Å²) in [6, 6.07) is 14.0. The zero-order chi connectivity index (χ0) is 21.5. The summed E-state index contributed by atoms with van der Waals surface area (Å²) in [5.41, 5.74) is 3.24. The van der Waals surface area contributed by atoms with Gasteiger partial charge in [0.2, 0.25) is 11.8 Å². The molecule has 0 unspecified atom stereocenters. The summed E-state index contributed by atoms with van der Waals surface area (Å²) >= 11 is 0. The van der Waals surface area contributed by atoms with E-state index in [0.29, 0.717) is 25.9 Å². The van der Waals surface area contributed by atoms with Crippen LogP contribution in [-0.4, -0.2) is 42.4 Å². The molecule has 1 N–H and O–H groups in total. The van der Waals surface area contributed by atoms with Crippen molar-refractivity contribution in [1.29, 1.82) is 0 Å². The Kier molecular flexibility index (Phi) is 7.44. The lowest BCUT2D eigenvalue weighted by atomic mass is 10.1. The van der Waals surface area contributed by atoms with Crippen molar-refractivity contribution in [2.75, 3.05) is 24.5 Å². The van der Waals surface area contributed by atoms with Crippen molar-refractivity contribution in [2.45, 2.75) is 45.7 Å². The molecule has 1 aliphatic heterocycles. The lowest BCUT2D eigenvalue weighted by Gasteiger charge is -2.25. The van der Waals surface area contributed by atoms with Gasteiger partial charge in [-0.05, 0) is 62.1 Å². The maximum absolute atomic E-state index is 13.1. The summed E-state index contributed by atoms with van der Waals surface area (Å²) in [6.45, 7) is 6.85. The molecule has 160 valence electrons. The van der Waals surface area contributed by atoms with E-state index in [9.17, 15) is 14.0 Å². The molecular weight excluding hydrogens is 381 g/mol. The van der Waals surface area contributed by atoms with E-state index >= 15 is 0 Å². The van der Waals surface area contributed by atoms with Crippen LogP contribution in [0.1, 0.15) is 37.3 Å². The summed E-state index contributed by atoms with van der Waals surface area (Å²) in [5, 5.41) is 2.99. The molecule has 1 atom stereocenters. The Morgan fingerprint density at radius 2 is 2.00 bits per heavy atom. The SMILES string of the molecule is CCN(CCCNC(=O)[C@@H]1CCC(=O)N1Cc1ccc(F)cc1)c1cccc(C)c1. The largest absolute Gasteiger partial charge is 0.372 e. The van der Waals surface area contributed by atoms with E-state index in [-0.39, 0.29) is 17.6 Å². The number of hydrogen-bond acceptors (Lipinski definition) is 3. The highest BCUT2D eigenvalue weighted by molar-refractivity contribution is 5.90. The van der Waals surface area contributed by atoms with Gasteiger partial charge >= 0.3 is 0 Å². The fraction of sp³-hybridized carbons (Fsp3) is 0.417. The Morgan fingerprint density at radius 3 is 2.70 bits per heavy atom. The van der Waals surface area contributed by atoms with E-state index in [2.05, 4.69) is 48.3 Å². The predicted octanol–water partition coefficient (Wildman–Crippen LogP) is 3.66. The summed E-state index contributed by atoms with van der Waals surface area (Å²) in [4.78, 5) is 28.9. The van der Waals surface area contributed by atoms with Crippen LogP contribution in [0.4, 0.5) is 10.1 Å². The molecule has 0 bridgehead atoms. The Morgan fingerprint density at radius 1 is 1.23 bits per heavy atom. The molecule has 1 aliphatic rings. The van der Waals surface area contributed by atoms with Crippen molar-refractivity contribution in [3.05, 3.63) is 65.5 Å². The van der Waals surface area contributed by atoms with Crippen molar-refractivity contribution >= 4 is 17.5 Å². The first-order chi connectivity index (χ1) is 14.5. The highest BCUT2D eigenvalue weighted by Gasteiger charge is 2.35. The van der Waals surface area contributed by atoms with E-state index in [1.54, 1.807) is 17.0 Å². The molecule has 0 radical (unpaired) electrons. The topological polar surface area (TPSA) is 52.7 Å². The molecule has 0 saturated carbocycles. The van der Waals surface area contributed by atoms with Crippen LogP contribution in [0.3, 0.4) is 0 Å². The van der Waals surface area contributed by atoms with Crippen LogP contribution in [0.5, 0.6) is 0 Å². The fourth-order valence-electron chi connectivity index (χ4n) is 3.88. The van der Waals surface area contributed by atoms with E-state index < -0.39 is 6.04 Å². The van der Waals surface area contributed by atoms with Gasteiger partial charge in [0.1, 0.15) is 11.9 Å². The molecule has 1 fully saturated rings. The number of aryl methyl sites for hydroxylation is 1. The van der Waals surface area contributed by atoms with Crippen LogP contribution in [0.25, 0.3) is 0 Å². The van der Waals surface area contributed by atoms with Gasteiger partial charge < -0.3 is 15.1 Å². The van der Waals surface area contributed by atoms with Gasteiger partial charge in [-0.15, -0.1) is 0 Å². The van der Waals surface area contributed by atoms with Gasteiger partial charge in [-0.2, -0.15) is 0 Å². The zero-order valence-corrected chi connectivity index (χ0v) is 17.7. The van der Waals surface area contributed by atoms with Crippen molar-refractivity contribution in [1.82, 2.24) is 10.2 Å². The Bertz CT molecular complexity index is 869. The molecule has 0 aliphatic carbocycles. The molecule has 1 heterocycles. The lowest BCUT2D eigenvalue weighted by Crippen LogP contribution is -2.44. The number of anilines is 1. The highest BCUT2D eigenvalue weighted by Crippen LogP contribution is 2.22. The monoisotopic (exact) mass is 411 g/mol. The predicted molar refractivity (Wildman–Crippen MR) is 117 cm³/mol. The van der Waals surface area contributed by atoms with Gasteiger partial charge in [0.25, 0.3) is 0 Å². The van der Waals surface area contributed by atoms with Crippen molar-refractivity contribution in [3.8, 4) is 0 Å². The highest BCUT2D eigenvalue weighted by atomic mass is 19.1. The second-order valence-electron chi connectivity index (χ2n) is 7.77. The smallest absolute Gasteiger partial charge is 0.242 e. The average molecular weight is 412 g/mol. The zero-order valence-electron chi connectivity index (χ0n) is 17.7. The van der Waals surface area contributed by atoms with Gasteiger partial charge in [-0.3, -0.25) is 9.59 Å². The Labute approximate surface area is 177 Å². The van der Waals surface area contributed by atoms with Gasteiger partial charge in [0, 0.05) is 38.3 Å². The average Bonchev–Trinajstić information content (AvgIpc) is 3.10. The molecule has 0 spiro atoms. The maximum Gasteiger partial charge on any atom is 0.242 e. The molecule has 0 aromatic heterocycles. The van der Waals surface area contributed by atoms with Crippen molar-refractivity contribution in [2.24, 2.45) is 0 Å². The number of likely N-dealkylation sites (tertiary alicyclic amines) is 1. The number of hydrogen-bond donors (Lipinski definition) is 1. The van der Waals surface area contributed by atoms with Gasteiger partial charge in [0.15, 0.2) is 0 Å². The van der Waals surface area contributed by atoms with Crippen LogP contribution < -0.4 is 10.2 Å². The number of halogens is 1. The minimum Gasteiger partial charge on any atom is -0.372 e. The third-order valence-electron chi connectivity index (χ3n) is 5.55. The number of nitrogens with zero attached hydrogens (tertiary/aromatic N) is 2. The van der Waals surface area contributed by atoms with Crippen LogP contribution in [-0.2, 0) is 16.1 Å². The molecule has 30 heavy (non-hydrogen) atoms. The van der Waals surface area contributed by atoms with Gasteiger partial charge in [0.05, 0.1) is 0 Å². The Hall–Kier alpha value is -2.89. The van der Waals surface area contributed by atoms with Crippen molar-refractivity contribution in [3.63, 3.8) is 0 Å². The van der Waals surface area contributed by atoms with Gasteiger partial charge in [-0.1, -0.05) is 24.3 Å². The first-order valence-electron chi connectivity index (χ1n) is 10.6. The third kappa shape index (κ3) is 5.59. The van der Waals surface area contributed by atoms with E-state index in [1.165, 1.54) is 23.4 Å². The second-order valence-corrected chi connectivity index (χ2v) is 7.77. The first-order valence-corrected chi connectivity index (χ1v) is 10.6. The van der Waals surface area contributed by atoms with E-state index in [0.717, 1.165) is 25.1 Å². The summed E-state index contributed by atoms with van der Waals surface area (Å²) in [6.07, 6.45) is 1.72. The molecule has 3 rings (SSSR count). The molecule has 6 heteroatoms. The minimum atomic E-state index is -0.457. The van der Waals surface area contributed by atoms with E-state index in [4.69, 9.17) is 0 Å². The summed E-state index contributed by atoms with van der Waals surface area (Å²) in [7, 11) is 0. The fourth-order valence-corrected chi connectivity index (χ4v) is 3.88. The number of nitrogens with one attached hydrogen (secondary N) is 1. The first kappa shape index (κ1) is 21.8.